The third-order valence-corrected chi connectivity index (χ3v) is 3.50. The fourth-order valence-corrected chi connectivity index (χ4v) is 2.31. The molecule has 3 heteroatoms. The van der Waals surface area contributed by atoms with Crippen LogP contribution < -0.4 is 4.74 Å². The second kappa shape index (κ2) is 6.71. The first-order valence-electron chi connectivity index (χ1n) is 6.87. The summed E-state index contributed by atoms with van der Waals surface area (Å²) in [7, 11) is 1.58. The van der Waals surface area contributed by atoms with E-state index in [1.54, 1.807) is 37.4 Å². The number of aryl methyl sites for hydroxylation is 1. The molecule has 0 aromatic heterocycles. The molecule has 0 aliphatic rings. The maximum absolute atomic E-state index is 12.7. The Kier molecular flexibility index (Phi) is 4.73. The second-order valence-electron chi connectivity index (χ2n) is 4.71. The summed E-state index contributed by atoms with van der Waals surface area (Å²) in [6, 6.07) is 16.6. The summed E-state index contributed by atoms with van der Waals surface area (Å²) in [6.45, 7) is 2.00. The lowest BCUT2D eigenvalue weighted by molar-refractivity contribution is 0.0978. The molecule has 0 saturated carbocycles. The number of nitrogens with zero attached hydrogens (tertiary/aromatic N) is 1. The number of methoxy groups -OCH3 is 1. The molecule has 0 bridgehead atoms. The van der Waals surface area contributed by atoms with Crippen LogP contribution in [-0.4, -0.2) is 12.9 Å². The monoisotopic (exact) mass is 279 g/mol. The molecular weight excluding hydrogens is 262 g/mol. The molecule has 0 N–H and O–H groups in total. The van der Waals surface area contributed by atoms with Crippen molar-refractivity contribution in [2.45, 2.75) is 19.3 Å². The van der Waals surface area contributed by atoms with Crippen LogP contribution in [-0.2, 0) is 6.42 Å². The summed E-state index contributed by atoms with van der Waals surface area (Å²) in [5.41, 5.74) is 2.29. The average Bonchev–Trinajstić information content (AvgIpc) is 2.56. The maximum Gasteiger partial charge on any atom is 0.184 e. The summed E-state index contributed by atoms with van der Waals surface area (Å²) in [6.07, 6.45) is 0.767. The lowest BCUT2D eigenvalue weighted by atomic mass is 9.89. The number of rotatable bonds is 5. The van der Waals surface area contributed by atoms with Crippen LogP contribution in [0.5, 0.6) is 5.75 Å². The molecule has 0 aliphatic heterocycles. The van der Waals surface area contributed by atoms with E-state index in [-0.39, 0.29) is 5.78 Å². The topological polar surface area (TPSA) is 50.1 Å². The van der Waals surface area contributed by atoms with E-state index in [0.717, 1.165) is 12.0 Å². The number of ketones is 1. The molecule has 1 atom stereocenters. The molecule has 21 heavy (non-hydrogen) atoms. The van der Waals surface area contributed by atoms with Crippen LogP contribution >= 0.6 is 0 Å². The van der Waals surface area contributed by atoms with Gasteiger partial charge in [0.15, 0.2) is 5.78 Å². The van der Waals surface area contributed by atoms with Crippen molar-refractivity contribution in [1.29, 1.82) is 5.26 Å². The van der Waals surface area contributed by atoms with Gasteiger partial charge in [0.05, 0.1) is 13.2 Å². The van der Waals surface area contributed by atoms with Gasteiger partial charge in [-0.15, -0.1) is 0 Å². The molecule has 2 rings (SSSR count). The minimum atomic E-state index is -0.788. The molecule has 106 valence electrons. The highest BCUT2D eigenvalue weighted by molar-refractivity contribution is 6.03. The van der Waals surface area contributed by atoms with Gasteiger partial charge in [-0.1, -0.05) is 43.3 Å². The van der Waals surface area contributed by atoms with Gasteiger partial charge < -0.3 is 4.74 Å². The van der Waals surface area contributed by atoms with E-state index in [2.05, 4.69) is 6.07 Å². The van der Waals surface area contributed by atoms with Crippen molar-refractivity contribution in [3.8, 4) is 11.8 Å². The van der Waals surface area contributed by atoms with Crippen LogP contribution in [0.15, 0.2) is 48.5 Å². The summed E-state index contributed by atoms with van der Waals surface area (Å²) < 4.78 is 5.10. The first-order valence-corrected chi connectivity index (χ1v) is 6.87. The number of benzene rings is 2. The molecule has 2 aromatic rings. The average molecular weight is 279 g/mol. The summed E-state index contributed by atoms with van der Waals surface area (Å²) in [4.78, 5) is 12.7. The SMILES string of the molecule is CCc1ccccc1C(=O)C(C#N)c1ccc(OC)cc1. The quantitative estimate of drug-likeness (QED) is 0.783. The zero-order valence-corrected chi connectivity index (χ0v) is 12.2. The highest BCUT2D eigenvalue weighted by Gasteiger charge is 2.23. The van der Waals surface area contributed by atoms with Gasteiger partial charge in [0.25, 0.3) is 0 Å². The molecule has 1 unspecified atom stereocenters. The van der Waals surface area contributed by atoms with Gasteiger partial charge >= 0.3 is 0 Å². The van der Waals surface area contributed by atoms with Crippen LogP contribution in [0.3, 0.4) is 0 Å². The van der Waals surface area contributed by atoms with E-state index < -0.39 is 5.92 Å². The zero-order chi connectivity index (χ0) is 15.2. The van der Waals surface area contributed by atoms with Crippen LogP contribution in [0, 0.1) is 11.3 Å². The molecule has 0 saturated heterocycles. The number of carbonyl (C=O) groups is 1. The number of carbonyl (C=O) groups excluding carboxylic acids is 1. The molecule has 0 fully saturated rings. The Balaban J connectivity index is 2.36. The Bertz CT molecular complexity index is 668. The first kappa shape index (κ1) is 14.8. The molecule has 3 nitrogen and oxygen atoms in total. The Morgan fingerprint density at radius 3 is 2.43 bits per heavy atom. The summed E-state index contributed by atoms with van der Waals surface area (Å²) in [5.74, 6) is -0.236. The minimum absolute atomic E-state index is 0.153. The Morgan fingerprint density at radius 1 is 1.19 bits per heavy atom. The van der Waals surface area contributed by atoms with Gasteiger partial charge in [0, 0.05) is 5.56 Å². The Hall–Kier alpha value is -2.60. The second-order valence-corrected chi connectivity index (χ2v) is 4.71. The molecular formula is C18H17NO2. The van der Waals surface area contributed by atoms with Crippen LogP contribution in [0.25, 0.3) is 0 Å². The van der Waals surface area contributed by atoms with E-state index >= 15 is 0 Å². The molecule has 0 spiro atoms. The predicted molar refractivity (Wildman–Crippen MR) is 81.5 cm³/mol. The lowest BCUT2D eigenvalue weighted by Crippen LogP contribution is -2.13. The molecule has 0 heterocycles. The number of ether oxygens (including phenoxy) is 1. The van der Waals surface area contributed by atoms with Crippen LogP contribution in [0.4, 0.5) is 0 Å². The number of hydrogen-bond acceptors (Lipinski definition) is 3. The normalized spacial score (nSPS) is 11.5. The van der Waals surface area contributed by atoms with E-state index in [9.17, 15) is 10.1 Å². The maximum atomic E-state index is 12.7. The van der Waals surface area contributed by atoms with Crippen LogP contribution in [0.1, 0.15) is 34.3 Å². The van der Waals surface area contributed by atoms with Gasteiger partial charge in [-0.2, -0.15) is 5.26 Å². The number of hydrogen-bond donors (Lipinski definition) is 0. The van der Waals surface area contributed by atoms with E-state index in [1.165, 1.54) is 0 Å². The van der Waals surface area contributed by atoms with Crippen molar-refractivity contribution in [3.63, 3.8) is 0 Å². The van der Waals surface area contributed by atoms with Gasteiger partial charge in [0.1, 0.15) is 11.7 Å². The van der Waals surface area contributed by atoms with Gasteiger partial charge in [-0.25, -0.2) is 0 Å². The predicted octanol–water partition coefficient (Wildman–Crippen LogP) is 3.75. The Morgan fingerprint density at radius 2 is 1.86 bits per heavy atom. The third-order valence-electron chi connectivity index (χ3n) is 3.50. The van der Waals surface area contributed by atoms with Crippen molar-refractivity contribution in [2.24, 2.45) is 0 Å². The van der Waals surface area contributed by atoms with Crippen LogP contribution in [0.2, 0.25) is 0 Å². The standard InChI is InChI=1S/C18H17NO2/c1-3-13-6-4-5-7-16(13)18(20)17(12-19)14-8-10-15(21-2)11-9-14/h4-11,17H,3H2,1-2H3. The van der Waals surface area contributed by atoms with Crippen molar-refractivity contribution >= 4 is 5.78 Å². The first-order chi connectivity index (χ1) is 10.2. The number of nitriles is 1. The molecule has 2 aromatic carbocycles. The third kappa shape index (κ3) is 3.11. The van der Waals surface area contributed by atoms with Crippen molar-refractivity contribution in [2.75, 3.05) is 7.11 Å². The molecule has 0 aliphatic carbocycles. The fraction of sp³-hybridized carbons (Fsp3) is 0.222. The zero-order valence-electron chi connectivity index (χ0n) is 12.2. The lowest BCUT2D eigenvalue weighted by Gasteiger charge is -2.12. The minimum Gasteiger partial charge on any atom is -0.497 e. The van der Waals surface area contributed by atoms with Crippen molar-refractivity contribution in [3.05, 3.63) is 65.2 Å². The van der Waals surface area contributed by atoms with Crippen molar-refractivity contribution < 1.29 is 9.53 Å². The van der Waals surface area contributed by atoms with E-state index in [0.29, 0.717) is 16.9 Å². The van der Waals surface area contributed by atoms with Gasteiger partial charge in [-0.3, -0.25) is 4.79 Å². The smallest absolute Gasteiger partial charge is 0.184 e. The Labute approximate surface area is 124 Å². The van der Waals surface area contributed by atoms with Crippen molar-refractivity contribution in [1.82, 2.24) is 0 Å². The largest absolute Gasteiger partial charge is 0.497 e. The highest BCUT2D eigenvalue weighted by atomic mass is 16.5. The summed E-state index contributed by atoms with van der Waals surface area (Å²) >= 11 is 0. The van der Waals surface area contributed by atoms with E-state index in [1.807, 2.05) is 25.1 Å². The fourth-order valence-electron chi connectivity index (χ4n) is 2.31. The highest BCUT2D eigenvalue weighted by Crippen LogP contribution is 2.24. The number of Topliss-reactive ketones (excluding diaryl/α,β-unsaturated/α-hetero) is 1. The van der Waals surface area contributed by atoms with Gasteiger partial charge in [-0.05, 0) is 29.7 Å². The molecule has 0 radical (unpaired) electrons. The summed E-state index contributed by atoms with van der Waals surface area (Å²) in [5, 5.41) is 9.40. The molecule has 0 amide bonds. The van der Waals surface area contributed by atoms with E-state index in [4.69, 9.17) is 4.74 Å². The van der Waals surface area contributed by atoms with Gasteiger partial charge in [0.2, 0.25) is 0 Å².